The Kier molecular flexibility index (Phi) is 5.50. The molecule has 0 unspecified atom stereocenters. The number of carbonyl (C=O) groups excluding carboxylic acids is 1. The molecule has 4 heteroatoms. The van der Waals surface area contributed by atoms with Gasteiger partial charge in [0.05, 0.1) is 11.6 Å². The number of ether oxygens (including phenoxy) is 1. The van der Waals surface area contributed by atoms with Crippen molar-refractivity contribution < 1.29 is 9.53 Å². The number of nitriles is 1. The first-order valence-corrected chi connectivity index (χ1v) is 8.93. The minimum atomic E-state index is -0.572. The highest BCUT2D eigenvalue weighted by Gasteiger charge is 2.16. The number of nitrogens with zero attached hydrogens (tertiary/aromatic N) is 1. The molecule has 1 atom stereocenters. The molecule has 128 valence electrons. The first-order chi connectivity index (χ1) is 12.6. The summed E-state index contributed by atoms with van der Waals surface area (Å²) in [6.07, 6.45) is -0.572. The van der Waals surface area contributed by atoms with Gasteiger partial charge in [-0.3, -0.25) is 4.79 Å². The van der Waals surface area contributed by atoms with Crippen molar-refractivity contribution in [1.82, 2.24) is 0 Å². The fraction of sp³-hybridized carbons (Fsp3) is 0.0909. The Labute approximate surface area is 161 Å². The van der Waals surface area contributed by atoms with Crippen LogP contribution in [-0.4, -0.2) is 11.9 Å². The van der Waals surface area contributed by atoms with Crippen LogP contribution in [0.15, 0.2) is 77.3 Å². The summed E-state index contributed by atoms with van der Waals surface area (Å²) >= 11 is 3.36. The van der Waals surface area contributed by atoms with E-state index in [4.69, 9.17) is 10.00 Å². The van der Waals surface area contributed by atoms with Crippen molar-refractivity contribution in [2.45, 2.75) is 13.0 Å². The molecule has 26 heavy (non-hydrogen) atoms. The highest BCUT2D eigenvalue weighted by Crippen LogP contribution is 2.24. The fourth-order valence-corrected chi connectivity index (χ4v) is 2.83. The van der Waals surface area contributed by atoms with Crippen LogP contribution in [0.5, 0.6) is 5.75 Å². The van der Waals surface area contributed by atoms with Crippen molar-refractivity contribution in [2.24, 2.45) is 0 Å². The summed E-state index contributed by atoms with van der Waals surface area (Å²) in [5, 5.41) is 8.86. The van der Waals surface area contributed by atoms with Gasteiger partial charge in [0.1, 0.15) is 5.75 Å². The van der Waals surface area contributed by atoms with E-state index in [1.807, 2.05) is 48.5 Å². The monoisotopic (exact) mass is 405 g/mol. The van der Waals surface area contributed by atoms with Crippen molar-refractivity contribution in [3.05, 3.63) is 88.4 Å². The number of Topliss-reactive ketones (excluding diaryl/α,β-unsaturated/α-hetero) is 1. The molecule has 0 spiro atoms. The average molecular weight is 406 g/mol. The predicted octanol–water partition coefficient (Wildman–Crippen LogP) is 5.64. The topological polar surface area (TPSA) is 50.1 Å². The van der Waals surface area contributed by atoms with Crippen LogP contribution in [0.3, 0.4) is 0 Å². The molecule has 0 aliphatic rings. The van der Waals surface area contributed by atoms with E-state index in [1.165, 1.54) is 0 Å². The van der Waals surface area contributed by atoms with Crippen LogP contribution in [0.4, 0.5) is 0 Å². The maximum Gasteiger partial charge on any atom is 0.202 e. The molecule has 0 aliphatic carbocycles. The van der Waals surface area contributed by atoms with Crippen LogP contribution < -0.4 is 4.74 Å². The molecule has 3 aromatic rings. The summed E-state index contributed by atoms with van der Waals surface area (Å²) in [5.41, 5.74) is 3.30. The summed E-state index contributed by atoms with van der Waals surface area (Å²) in [7, 11) is 0. The Bertz CT molecular complexity index is 939. The van der Waals surface area contributed by atoms with E-state index in [0.29, 0.717) is 16.9 Å². The van der Waals surface area contributed by atoms with E-state index >= 15 is 0 Å². The highest BCUT2D eigenvalue weighted by molar-refractivity contribution is 9.10. The van der Waals surface area contributed by atoms with Crippen LogP contribution >= 0.6 is 15.9 Å². The van der Waals surface area contributed by atoms with Gasteiger partial charge in [-0.15, -0.1) is 0 Å². The third-order valence-corrected chi connectivity index (χ3v) is 4.54. The maximum absolute atomic E-state index is 12.4. The number of halogens is 1. The molecule has 0 bridgehead atoms. The predicted molar refractivity (Wildman–Crippen MR) is 105 cm³/mol. The molecule has 0 amide bonds. The lowest BCUT2D eigenvalue weighted by molar-refractivity contribution is 0.0818. The molecule has 0 aromatic heterocycles. The quantitative estimate of drug-likeness (QED) is 0.516. The number of rotatable bonds is 5. The van der Waals surface area contributed by atoms with Gasteiger partial charge in [0.25, 0.3) is 0 Å². The Morgan fingerprint density at radius 2 is 1.46 bits per heavy atom. The Hall–Kier alpha value is -2.90. The molecule has 3 aromatic carbocycles. The van der Waals surface area contributed by atoms with Crippen LogP contribution in [0.25, 0.3) is 11.1 Å². The number of hydrogen-bond donors (Lipinski definition) is 0. The van der Waals surface area contributed by atoms with Gasteiger partial charge in [-0.05, 0) is 54.4 Å². The normalized spacial score (nSPS) is 11.4. The SMILES string of the molecule is C[C@@H](Oc1ccc(-c2ccc(C#N)cc2)cc1)C(=O)c1ccc(Br)cc1. The Morgan fingerprint density at radius 3 is 2.00 bits per heavy atom. The van der Waals surface area contributed by atoms with E-state index in [-0.39, 0.29) is 5.78 Å². The smallest absolute Gasteiger partial charge is 0.202 e. The third kappa shape index (κ3) is 4.19. The van der Waals surface area contributed by atoms with E-state index in [9.17, 15) is 4.79 Å². The summed E-state index contributed by atoms with van der Waals surface area (Å²) in [5.74, 6) is 0.578. The first-order valence-electron chi connectivity index (χ1n) is 8.14. The van der Waals surface area contributed by atoms with Crippen molar-refractivity contribution in [1.29, 1.82) is 5.26 Å². The van der Waals surface area contributed by atoms with Gasteiger partial charge in [0.15, 0.2) is 6.10 Å². The molecule has 0 N–H and O–H groups in total. The van der Waals surface area contributed by atoms with Gasteiger partial charge >= 0.3 is 0 Å². The standard InChI is InChI=1S/C22H16BrNO2/c1-15(22(25)19-6-10-20(23)11-7-19)26-21-12-8-18(9-13-21)17-4-2-16(14-24)3-5-17/h2-13,15H,1H3/t15-/m1/s1. The van der Waals surface area contributed by atoms with Gasteiger partial charge < -0.3 is 4.74 Å². The Morgan fingerprint density at radius 1 is 0.923 bits per heavy atom. The lowest BCUT2D eigenvalue weighted by Crippen LogP contribution is -2.23. The van der Waals surface area contributed by atoms with E-state index < -0.39 is 6.10 Å². The number of ketones is 1. The second kappa shape index (κ2) is 7.99. The molecule has 3 rings (SSSR count). The molecular formula is C22H16BrNO2. The molecule has 3 nitrogen and oxygen atoms in total. The number of benzene rings is 3. The summed E-state index contributed by atoms with van der Waals surface area (Å²) in [6.45, 7) is 1.75. The van der Waals surface area contributed by atoms with Crippen molar-refractivity contribution in [3.8, 4) is 22.9 Å². The van der Waals surface area contributed by atoms with E-state index in [1.54, 1.807) is 31.2 Å². The van der Waals surface area contributed by atoms with Gasteiger partial charge in [0, 0.05) is 10.0 Å². The van der Waals surface area contributed by atoms with E-state index in [2.05, 4.69) is 22.0 Å². The molecule has 0 radical (unpaired) electrons. The molecule has 0 aliphatic heterocycles. The summed E-state index contributed by atoms with van der Waals surface area (Å²) < 4.78 is 6.72. The maximum atomic E-state index is 12.4. The highest BCUT2D eigenvalue weighted by atomic mass is 79.9. The van der Waals surface area contributed by atoms with Crippen molar-refractivity contribution >= 4 is 21.7 Å². The zero-order valence-electron chi connectivity index (χ0n) is 14.1. The Balaban J connectivity index is 1.69. The van der Waals surface area contributed by atoms with E-state index in [0.717, 1.165) is 15.6 Å². The zero-order chi connectivity index (χ0) is 18.5. The van der Waals surface area contributed by atoms with Gasteiger partial charge in [-0.2, -0.15) is 5.26 Å². The zero-order valence-corrected chi connectivity index (χ0v) is 15.7. The second-order valence-electron chi connectivity index (χ2n) is 5.84. The molecule has 0 saturated heterocycles. The number of hydrogen-bond acceptors (Lipinski definition) is 3. The lowest BCUT2D eigenvalue weighted by atomic mass is 10.0. The van der Waals surface area contributed by atoms with Crippen LogP contribution in [-0.2, 0) is 0 Å². The second-order valence-corrected chi connectivity index (χ2v) is 6.76. The lowest BCUT2D eigenvalue weighted by Gasteiger charge is -2.14. The molecular weight excluding hydrogens is 390 g/mol. The van der Waals surface area contributed by atoms with Crippen molar-refractivity contribution in [2.75, 3.05) is 0 Å². The first kappa shape index (κ1) is 17.9. The fourth-order valence-electron chi connectivity index (χ4n) is 2.57. The van der Waals surface area contributed by atoms with Gasteiger partial charge in [0.2, 0.25) is 5.78 Å². The molecule has 0 fully saturated rings. The molecule has 0 heterocycles. The van der Waals surface area contributed by atoms with Crippen molar-refractivity contribution in [3.63, 3.8) is 0 Å². The average Bonchev–Trinajstić information content (AvgIpc) is 2.68. The van der Waals surface area contributed by atoms with Crippen LogP contribution in [0.1, 0.15) is 22.8 Å². The van der Waals surface area contributed by atoms with Gasteiger partial charge in [-0.25, -0.2) is 0 Å². The largest absolute Gasteiger partial charge is 0.483 e. The van der Waals surface area contributed by atoms with Crippen LogP contribution in [0.2, 0.25) is 0 Å². The minimum absolute atomic E-state index is 0.0614. The number of carbonyl (C=O) groups is 1. The summed E-state index contributed by atoms with van der Waals surface area (Å²) in [6, 6.07) is 24.3. The minimum Gasteiger partial charge on any atom is -0.483 e. The van der Waals surface area contributed by atoms with Crippen LogP contribution in [0, 0.1) is 11.3 Å². The molecule has 0 saturated carbocycles. The summed E-state index contributed by atoms with van der Waals surface area (Å²) in [4.78, 5) is 12.4. The van der Waals surface area contributed by atoms with Gasteiger partial charge in [-0.1, -0.05) is 52.3 Å². The third-order valence-electron chi connectivity index (χ3n) is 4.01.